The molecule has 6 nitrogen and oxygen atoms in total. The fourth-order valence-electron chi connectivity index (χ4n) is 1.60. The predicted molar refractivity (Wildman–Crippen MR) is 72.6 cm³/mol. The summed E-state index contributed by atoms with van der Waals surface area (Å²) in [6, 6.07) is 9.31. The molecule has 0 bridgehead atoms. The number of hydrogen-bond donors (Lipinski definition) is 1. The lowest BCUT2D eigenvalue weighted by Crippen LogP contribution is -2.26. The second-order valence-electron chi connectivity index (χ2n) is 4.25. The first-order chi connectivity index (χ1) is 9.58. The molecule has 1 aliphatic rings. The van der Waals surface area contributed by atoms with Gasteiger partial charge in [0.2, 0.25) is 0 Å². The van der Waals surface area contributed by atoms with Crippen molar-refractivity contribution in [3.63, 3.8) is 0 Å². The average molecular weight is 273 g/mol. The van der Waals surface area contributed by atoms with Crippen LogP contribution in [0.3, 0.4) is 0 Å². The Kier molecular flexibility index (Phi) is 4.05. The van der Waals surface area contributed by atoms with Crippen LogP contribution < -0.4 is 5.73 Å². The summed E-state index contributed by atoms with van der Waals surface area (Å²) in [6.07, 6.45) is 3.51. The summed E-state index contributed by atoms with van der Waals surface area (Å²) in [5.74, 6) is -0.375. The maximum absolute atomic E-state index is 11.9. The largest absolute Gasteiger partial charge is 0.444 e. The number of rotatable bonds is 2. The van der Waals surface area contributed by atoms with Crippen molar-refractivity contribution in [1.82, 2.24) is 9.80 Å². The third-order valence-corrected chi connectivity index (χ3v) is 2.71. The predicted octanol–water partition coefficient (Wildman–Crippen LogP) is 1.37. The van der Waals surface area contributed by atoms with Gasteiger partial charge in [0.25, 0.3) is 5.91 Å². The molecule has 0 fully saturated rings. The Labute approximate surface area is 116 Å². The zero-order valence-electron chi connectivity index (χ0n) is 11.0. The third kappa shape index (κ3) is 3.17. The Morgan fingerprint density at radius 2 is 1.95 bits per heavy atom. The van der Waals surface area contributed by atoms with E-state index in [-0.39, 0.29) is 18.2 Å². The van der Waals surface area contributed by atoms with E-state index >= 15 is 0 Å². The molecule has 2 N–H and O–H groups in total. The second-order valence-corrected chi connectivity index (χ2v) is 4.25. The van der Waals surface area contributed by atoms with Gasteiger partial charge in [-0.25, -0.2) is 4.79 Å². The minimum atomic E-state index is -0.601. The highest BCUT2D eigenvalue weighted by atomic mass is 16.6. The van der Waals surface area contributed by atoms with E-state index in [2.05, 4.69) is 0 Å². The average Bonchev–Trinajstić information content (AvgIpc) is 2.59. The van der Waals surface area contributed by atoms with Gasteiger partial charge >= 0.3 is 6.09 Å². The van der Waals surface area contributed by atoms with Crippen molar-refractivity contribution in [1.29, 1.82) is 0 Å². The maximum Gasteiger partial charge on any atom is 0.418 e. The molecule has 0 atom stereocenters. The Morgan fingerprint density at radius 3 is 2.65 bits per heavy atom. The number of carbonyl (C=O) groups is 2. The Bertz CT molecular complexity index is 566. The fraction of sp³-hybridized carbons (Fsp3) is 0.143. The maximum atomic E-state index is 11.9. The number of likely N-dealkylation sites (N-methyl/N-ethyl adjacent to an activating group) is 1. The van der Waals surface area contributed by atoms with Gasteiger partial charge in [-0.3, -0.25) is 9.69 Å². The molecule has 2 rings (SSSR count). The molecule has 1 aromatic rings. The first kappa shape index (κ1) is 13.7. The first-order valence-electron chi connectivity index (χ1n) is 5.99. The van der Waals surface area contributed by atoms with Gasteiger partial charge in [0.05, 0.1) is 0 Å². The van der Waals surface area contributed by atoms with E-state index in [1.54, 1.807) is 7.05 Å². The van der Waals surface area contributed by atoms with Crippen LogP contribution in [0, 0.1) is 0 Å². The van der Waals surface area contributed by atoms with Crippen molar-refractivity contribution >= 4 is 12.0 Å². The molecule has 1 aliphatic heterocycles. The van der Waals surface area contributed by atoms with Crippen molar-refractivity contribution < 1.29 is 14.3 Å². The summed E-state index contributed by atoms with van der Waals surface area (Å²) in [5.41, 5.74) is 6.43. The van der Waals surface area contributed by atoms with Crippen LogP contribution in [0.15, 0.2) is 54.6 Å². The van der Waals surface area contributed by atoms with Crippen molar-refractivity contribution in [2.45, 2.75) is 6.61 Å². The zero-order valence-corrected chi connectivity index (χ0v) is 11.0. The molecule has 0 unspecified atom stereocenters. The quantitative estimate of drug-likeness (QED) is 0.883. The van der Waals surface area contributed by atoms with Gasteiger partial charge in [-0.15, -0.1) is 0 Å². The molecule has 0 aromatic heterocycles. The Morgan fingerprint density at radius 1 is 1.25 bits per heavy atom. The summed E-state index contributed by atoms with van der Waals surface area (Å²) < 4.78 is 5.15. The molecule has 1 aromatic carbocycles. The monoisotopic (exact) mass is 273 g/mol. The minimum Gasteiger partial charge on any atom is -0.444 e. The molecule has 2 amide bonds. The highest BCUT2D eigenvalue weighted by Crippen LogP contribution is 2.09. The third-order valence-electron chi connectivity index (χ3n) is 2.71. The van der Waals surface area contributed by atoms with Gasteiger partial charge in [0, 0.05) is 25.6 Å². The molecule has 0 saturated heterocycles. The molecule has 0 aliphatic carbocycles. The summed E-state index contributed by atoms with van der Waals surface area (Å²) in [5, 5.41) is 0. The summed E-state index contributed by atoms with van der Waals surface area (Å²) >= 11 is 0. The Hall–Kier alpha value is -2.76. The highest BCUT2D eigenvalue weighted by molar-refractivity contribution is 5.93. The standard InChI is InChI=1S/C14H15N3O3/c1-16-7-8-17(9-12(15)13(16)18)14(19)20-10-11-5-3-2-4-6-11/h2-9H,10,15H2,1H3. The topological polar surface area (TPSA) is 75.9 Å². The van der Waals surface area contributed by atoms with Gasteiger partial charge in [0.1, 0.15) is 12.3 Å². The van der Waals surface area contributed by atoms with E-state index in [9.17, 15) is 9.59 Å². The van der Waals surface area contributed by atoms with E-state index in [1.165, 1.54) is 23.5 Å². The van der Waals surface area contributed by atoms with Gasteiger partial charge in [-0.1, -0.05) is 30.3 Å². The smallest absolute Gasteiger partial charge is 0.418 e. The van der Waals surface area contributed by atoms with E-state index in [0.29, 0.717) is 0 Å². The van der Waals surface area contributed by atoms with Crippen molar-refractivity contribution in [2.75, 3.05) is 7.05 Å². The van der Waals surface area contributed by atoms with Gasteiger partial charge in [-0.05, 0) is 5.56 Å². The van der Waals surface area contributed by atoms with Crippen LogP contribution in [-0.4, -0.2) is 28.8 Å². The van der Waals surface area contributed by atoms with Crippen LogP contribution in [0.2, 0.25) is 0 Å². The number of amides is 2. The van der Waals surface area contributed by atoms with Crippen molar-refractivity contribution in [3.05, 3.63) is 60.2 Å². The lowest BCUT2D eigenvalue weighted by atomic mass is 10.2. The van der Waals surface area contributed by atoms with Gasteiger partial charge in [0.15, 0.2) is 0 Å². The first-order valence-corrected chi connectivity index (χ1v) is 5.99. The fourth-order valence-corrected chi connectivity index (χ4v) is 1.60. The summed E-state index contributed by atoms with van der Waals surface area (Å²) in [6.45, 7) is 0.154. The van der Waals surface area contributed by atoms with Crippen LogP contribution in [-0.2, 0) is 16.1 Å². The van der Waals surface area contributed by atoms with E-state index in [0.717, 1.165) is 10.5 Å². The molecular formula is C14H15N3O3. The SMILES string of the molecule is CN1C=CN(C(=O)OCc2ccccc2)C=C(N)C1=O. The minimum absolute atomic E-state index is 0.0332. The lowest BCUT2D eigenvalue weighted by Gasteiger charge is -2.13. The number of carbonyl (C=O) groups excluding carboxylic acids is 2. The normalized spacial score (nSPS) is 14.8. The number of ether oxygens (including phenoxy) is 1. The van der Waals surface area contributed by atoms with Crippen molar-refractivity contribution in [3.8, 4) is 0 Å². The highest BCUT2D eigenvalue weighted by Gasteiger charge is 2.18. The molecule has 0 saturated carbocycles. The van der Waals surface area contributed by atoms with Gasteiger partial charge < -0.3 is 15.4 Å². The van der Waals surface area contributed by atoms with Crippen LogP contribution >= 0.6 is 0 Å². The van der Waals surface area contributed by atoms with Crippen molar-refractivity contribution in [2.24, 2.45) is 5.73 Å². The Balaban J connectivity index is 2.02. The van der Waals surface area contributed by atoms with E-state index in [4.69, 9.17) is 10.5 Å². The van der Waals surface area contributed by atoms with Crippen LogP contribution in [0.1, 0.15) is 5.56 Å². The molecule has 104 valence electrons. The van der Waals surface area contributed by atoms with Crippen LogP contribution in [0.5, 0.6) is 0 Å². The number of benzene rings is 1. The van der Waals surface area contributed by atoms with Gasteiger partial charge in [-0.2, -0.15) is 0 Å². The van der Waals surface area contributed by atoms with Crippen LogP contribution in [0.4, 0.5) is 4.79 Å². The molecule has 0 spiro atoms. The molecule has 6 heteroatoms. The molecule has 1 heterocycles. The second kappa shape index (κ2) is 5.92. The van der Waals surface area contributed by atoms with E-state index in [1.807, 2.05) is 30.3 Å². The van der Waals surface area contributed by atoms with E-state index < -0.39 is 6.09 Å². The number of nitrogens with two attached hydrogens (primary N) is 1. The molecular weight excluding hydrogens is 258 g/mol. The summed E-state index contributed by atoms with van der Waals surface area (Å²) in [4.78, 5) is 25.9. The molecule has 0 radical (unpaired) electrons. The summed E-state index contributed by atoms with van der Waals surface area (Å²) in [7, 11) is 1.55. The lowest BCUT2D eigenvalue weighted by molar-refractivity contribution is -0.123. The zero-order chi connectivity index (χ0) is 14.5. The van der Waals surface area contributed by atoms with Crippen LogP contribution in [0.25, 0.3) is 0 Å². The number of nitrogens with zero attached hydrogens (tertiary/aromatic N) is 2. The number of hydrogen-bond acceptors (Lipinski definition) is 4. The molecule has 20 heavy (non-hydrogen) atoms.